The molecule has 1 saturated heterocycles. The molecule has 1 aliphatic carbocycles. The molecule has 2 aromatic heterocycles. The van der Waals surface area contributed by atoms with Gasteiger partial charge in [-0.3, -0.25) is 14.5 Å². The summed E-state index contributed by atoms with van der Waals surface area (Å²) in [5.74, 6) is 0.840. The van der Waals surface area contributed by atoms with E-state index in [1.807, 2.05) is 23.1 Å². The number of hydrogen-bond acceptors (Lipinski definition) is 3. The number of carbonyl (C=O) groups excluding carboxylic acids is 1. The Labute approximate surface area is 142 Å². The molecule has 2 aromatic rings. The molecule has 1 aliphatic heterocycles. The normalized spacial score (nSPS) is 26.4. The lowest BCUT2D eigenvalue weighted by molar-refractivity contribution is -0.136. The van der Waals surface area contributed by atoms with Gasteiger partial charge in [-0.1, -0.05) is 6.07 Å². The quantitative estimate of drug-likeness (QED) is 0.869. The first-order valence-electron chi connectivity index (χ1n) is 8.92. The molecule has 126 valence electrons. The van der Waals surface area contributed by atoms with Crippen molar-refractivity contribution >= 4 is 5.91 Å². The Kier molecular flexibility index (Phi) is 4.08. The van der Waals surface area contributed by atoms with Gasteiger partial charge in [-0.15, -0.1) is 0 Å². The molecule has 3 heterocycles. The Balaban J connectivity index is 1.44. The van der Waals surface area contributed by atoms with Gasteiger partial charge >= 0.3 is 0 Å². The van der Waals surface area contributed by atoms with E-state index < -0.39 is 0 Å². The average molecular weight is 324 g/mol. The fourth-order valence-electron chi connectivity index (χ4n) is 3.91. The molecule has 0 radical (unpaired) electrons. The molecule has 1 saturated carbocycles. The zero-order valence-electron chi connectivity index (χ0n) is 14.1. The first-order valence-corrected chi connectivity index (χ1v) is 8.92. The van der Waals surface area contributed by atoms with Crippen LogP contribution in [-0.2, 0) is 11.3 Å². The number of carbonyl (C=O) groups is 1. The van der Waals surface area contributed by atoms with E-state index in [2.05, 4.69) is 34.2 Å². The van der Waals surface area contributed by atoms with E-state index in [1.165, 1.54) is 17.5 Å². The van der Waals surface area contributed by atoms with E-state index in [0.717, 1.165) is 32.4 Å². The zero-order valence-corrected chi connectivity index (χ0v) is 14.1. The molecule has 5 heteroatoms. The Bertz CT molecular complexity index is 711. The van der Waals surface area contributed by atoms with Gasteiger partial charge in [-0.2, -0.15) is 5.10 Å². The third kappa shape index (κ3) is 3.07. The second-order valence-electron chi connectivity index (χ2n) is 7.16. The second kappa shape index (κ2) is 6.38. The standard InChI is InChI=1S/C19H24N4O/c1-14-10-21-22(12-14)13-16-6-2-3-8-23(16)19(24)18-9-17(18)15-5-4-7-20-11-15/h4-5,7,10-12,16-18H,2-3,6,8-9,13H2,1H3/t16-,17+,18+/m0/s1. The van der Waals surface area contributed by atoms with Crippen LogP contribution in [0.3, 0.4) is 0 Å². The van der Waals surface area contributed by atoms with Crippen molar-refractivity contribution in [1.29, 1.82) is 0 Å². The van der Waals surface area contributed by atoms with Crippen molar-refractivity contribution in [3.05, 3.63) is 48.0 Å². The molecule has 4 rings (SSSR count). The molecule has 24 heavy (non-hydrogen) atoms. The highest BCUT2D eigenvalue weighted by Crippen LogP contribution is 2.48. The van der Waals surface area contributed by atoms with Crippen molar-refractivity contribution in [2.45, 2.75) is 51.1 Å². The SMILES string of the molecule is Cc1cnn(C[C@@H]2CCCCN2C(=O)[C@@H]2C[C@@H]2c2cccnc2)c1. The molecule has 0 aromatic carbocycles. The summed E-state index contributed by atoms with van der Waals surface area (Å²) in [5.41, 5.74) is 2.37. The first kappa shape index (κ1) is 15.4. The van der Waals surface area contributed by atoms with Crippen LogP contribution in [0, 0.1) is 12.8 Å². The van der Waals surface area contributed by atoms with Gasteiger partial charge in [0.05, 0.1) is 18.8 Å². The Morgan fingerprint density at radius 3 is 3.00 bits per heavy atom. The molecular weight excluding hydrogens is 300 g/mol. The second-order valence-corrected chi connectivity index (χ2v) is 7.16. The predicted molar refractivity (Wildman–Crippen MR) is 91.4 cm³/mol. The van der Waals surface area contributed by atoms with Gasteiger partial charge in [0.2, 0.25) is 5.91 Å². The van der Waals surface area contributed by atoms with Crippen LogP contribution in [0.15, 0.2) is 36.9 Å². The summed E-state index contributed by atoms with van der Waals surface area (Å²) in [4.78, 5) is 19.3. The third-order valence-corrected chi connectivity index (χ3v) is 5.29. The summed E-state index contributed by atoms with van der Waals surface area (Å²) in [5, 5.41) is 4.40. The van der Waals surface area contributed by atoms with Gasteiger partial charge in [-0.25, -0.2) is 0 Å². The topological polar surface area (TPSA) is 51.0 Å². The Morgan fingerprint density at radius 1 is 1.33 bits per heavy atom. The fraction of sp³-hybridized carbons (Fsp3) is 0.526. The number of likely N-dealkylation sites (tertiary alicyclic amines) is 1. The maximum absolute atomic E-state index is 13.0. The van der Waals surface area contributed by atoms with Crippen LogP contribution in [0.2, 0.25) is 0 Å². The van der Waals surface area contributed by atoms with E-state index in [1.54, 1.807) is 6.20 Å². The number of piperidine rings is 1. The van der Waals surface area contributed by atoms with E-state index in [4.69, 9.17) is 0 Å². The summed E-state index contributed by atoms with van der Waals surface area (Å²) in [7, 11) is 0. The van der Waals surface area contributed by atoms with Crippen molar-refractivity contribution in [2.75, 3.05) is 6.54 Å². The largest absolute Gasteiger partial charge is 0.338 e. The molecule has 3 atom stereocenters. The first-order chi connectivity index (χ1) is 11.7. The van der Waals surface area contributed by atoms with Crippen molar-refractivity contribution < 1.29 is 4.79 Å². The number of nitrogens with zero attached hydrogens (tertiary/aromatic N) is 4. The molecule has 1 amide bonds. The van der Waals surface area contributed by atoms with Crippen molar-refractivity contribution in [3.63, 3.8) is 0 Å². The number of pyridine rings is 1. The molecule has 0 bridgehead atoms. The highest BCUT2D eigenvalue weighted by atomic mass is 16.2. The Morgan fingerprint density at radius 2 is 2.25 bits per heavy atom. The molecule has 5 nitrogen and oxygen atoms in total. The third-order valence-electron chi connectivity index (χ3n) is 5.29. The molecule has 0 spiro atoms. The summed E-state index contributed by atoms with van der Waals surface area (Å²) in [6, 6.07) is 4.32. The number of amides is 1. The van der Waals surface area contributed by atoms with Crippen LogP contribution >= 0.6 is 0 Å². The van der Waals surface area contributed by atoms with Crippen LogP contribution in [0.5, 0.6) is 0 Å². The van der Waals surface area contributed by atoms with Crippen molar-refractivity contribution in [2.24, 2.45) is 5.92 Å². The van der Waals surface area contributed by atoms with Crippen molar-refractivity contribution in [1.82, 2.24) is 19.7 Å². The fourth-order valence-corrected chi connectivity index (χ4v) is 3.91. The highest BCUT2D eigenvalue weighted by Gasteiger charge is 2.47. The number of aromatic nitrogens is 3. The van der Waals surface area contributed by atoms with E-state index in [9.17, 15) is 4.79 Å². The highest BCUT2D eigenvalue weighted by molar-refractivity contribution is 5.83. The summed E-state index contributed by atoms with van der Waals surface area (Å²) >= 11 is 0. The minimum atomic E-state index is 0.147. The zero-order chi connectivity index (χ0) is 16.5. The lowest BCUT2D eigenvalue weighted by Gasteiger charge is -2.36. The van der Waals surface area contributed by atoms with Gasteiger partial charge in [0.15, 0.2) is 0 Å². The molecule has 0 unspecified atom stereocenters. The number of aryl methyl sites for hydroxylation is 1. The van der Waals surface area contributed by atoms with E-state index in [0.29, 0.717) is 11.8 Å². The van der Waals surface area contributed by atoms with Crippen LogP contribution in [-0.4, -0.2) is 38.2 Å². The number of hydrogen-bond donors (Lipinski definition) is 0. The number of rotatable bonds is 4. The Hall–Kier alpha value is -2.17. The van der Waals surface area contributed by atoms with Gasteiger partial charge in [0.25, 0.3) is 0 Å². The summed E-state index contributed by atoms with van der Waals surface area (Å²) in [6.07, 6.45) is 12.0. The van der Waals surface area contributed by atoms with Crippen LogP contribution in [0.1, 0.15) is 42.7 Å². The van der Waals surface area contributed by atoms with Crippen molar-refractivity contribution in [3.8, 4) is 0 Å². The molecule has 2 aliphatic rings. The smallest absolute Gasteiger partial charge is 0.226 e. The molecule has 0 N–H and O–H groups in total. The average Bonchev–Trinajstić information content (AvgIpc) is 3.32. The minimum Gasteiger partial charge on any atom is -0.338 e. The monoisotopic (exact) mass is 324 g/mol. The maximum Gasteiger partial charge on any atom is 0.226 e. The summed E-state index contributed by atoms with van der Waals surface area (Å²) < 4.78 is 1.98. The molecular formula is C19H24N4O. The van der Waals surface area contributed by atoms with E-state index in [-0.39, 0.29) is 12.0 Å². The summed E-state index contributed by atoms with van der Waals surface area (Å²) in [6.45, 7) is 3.75. The lowest BCUT2D eigenvalue weighted by Crippen LogP contribution is -2.46. The van der Waals surface area contributed by atoms with Gasteiger partial charge in [0, 0.05) is 31.1 Å². The maximum atomic E-state index is 13.0. The van der Waals surface area contributed by atoms with Gasteiger partial charge in [0.1, 0.15) is 0 Å². The van der Waals surface area contributed by atoms with Gasteiger partial charge in [-0.05, 0) is 55.7 Å². The molecule has 2 fully saturated rings. The predicted octanol–water partition coefficient (Wildman–Crippen LogP) is 2.77. The van der Waals surface area contributed by atoms with E-state index >= 15 is 0 Å². The van der Waals surface area contributed by atoms with Gasteiger partial charge < -0.3 is 4.90 Å². The lowest BCUT2D eigenvalue weighted by atomic mass is 10.0. The van der Waals surface area contributed by atoms with Crippen LogP contribution < -0.4 is 0 Å². The minimum absolute atomic E-state index is 0.147. The van der Waals surface area contributed by atoms with Crippen LogP contribution in [0.25, 0.3) is 0 Å². The van der Waals surface area contributed by atoms with Crippen LogP contribution in [0.4, 0.5) is 0 Å².